The van der Waals surface area contributed by atoms with E-state index in [4.69, 9.17) is 4.98 Å². The molecule has 2 aliphatic heterocycles. The molecule has 2 amide bonds. The quantitative estimate of drug-likeness (QED) is 0.361. The van der Waals surface area contributed by atoms with Gasteiger partial charge < -0.3 is 30.5 Å². The number of carboxylic acid groups (broad SMARTS) is 1. The fraction of sp³-hybridized carbons (Fsp3) is 0.429. The van der Waals surface area contributed by atoms with E-state index in [-0.39, 0.29) is 24.8 Å². The van der Waals surface area contributed by atoms with Gasteiger partial charge >= 0.3 is 5.97 Å². The molecule has 3 heterocycles. The number of benzene rings is 2. The van der Waals surface area contributed by atoms with Crippen molar-refractivity contribution in [1.82, 2.24) is 25.1 Å². The van der Waals surface area contributed by atoms with E-state index in [0.717, 1.165) is 54.8 Å². The largest absolute Gasteiger partial charge is 0.481 e. The minimum Gasteiger partial charge on any atom is -0.481 e. The Morgan fingerprint density at radius 3 is 2.71 bits per heavy atom. The Hall–Kier alpha value is -3.92. The van der Waals surface area contributed by atoms with Gasteiger partial charge in [-0.15, -0.1) is 0 Å². The van der Waals surface area contributed by atoms with Crippen LogP contribution in [0.3, 0.4) is 0 Å². The summed E-state index contributed by atoms with van der Waals surface area (Å²) in [6, 6.07) is 12.3. The summed E-state index contributed by atoms with van der Waals surface area (Å²) in [7, 11) is 1.65. The molecule has 0 radical (unpaired) electrons. The Morgan fingerprint density at radius 1 is 1.16 bits per heavy atom. The zero-order valence-corrected chi connectivity index (χ0v) is 21.6. The summed E-state index contributed by atoms with van der Waals surface area (Å²) in [6.45, 7) is 3.29. The predicted octanol–water partition coefficient (Wildman–Crippen LogP) is 2.82. The number of aliphatic carboxylic acids is 1. The standard InChI is InChI=1S/C28H34N6O4/c1-33-16-20-14-19(6-7-21(20)30-24(28(33)38)15-26(35)36)27(37)34(13-10-18-8-11-29-12-9-18)17-25-31-22-4-2-3-5-23(22)32-25/h2-7,14,18,24,29-30H,8-13,15-17H2,1H3,(H,31,32)(H,35,36)/t24-/m0/s1. The molecule has 0 saturated carbocycles. The molecule has 1 fully saturated rings. The molecule has 2 aromatic carbocycles. The number of aromatic amines is 1. The van der Waals surface area contributed by atoms with Crippen LogP contribution >= 0.6 is 0 Å². The van der Waals surface area contributed by atoms with E-state index in [1.165, 1.54) is 4.90 Å². The number of fused-ring (bicyclic) bond motifs is 2. The minimum absolute atomic E-state index is 0.0949. The number of rotatable bonds is 8. The predicted molar refractivity (Wildman–Crippen MR) is 144 cm³/mol. The first kappa shape index (κ1) is 25.7. The first-order valence-electron chi connectivity index (χ1n) is 13.2. The molecular formula is C28H34N6O4. The van der Waals surface area contributed by atoms with Crippen LogP contribution in [0.15, 0.2) is 42.5 Å². The summed E-state index contributed by atoms with van der Waals surface area (Å²) in [4.78, 5) is 49.2. The number of piperidine rings is 1. The molecule has 200 valence electrons. The molecule has 0 unspecified atom stereocenters. The lowest BCUT2D eigenvalue weighted by Crippen LogP contribution is -2.39. The van der Waals surface area contributed by atoms with E-state index >= 15 is 0 Å². The van der Waals surface area contributed by atoms with Gasteiger partial charge in [-0.1, -0.05) is 12.1 Å². The number of anilines is 1. The Bertz CT molecular complexity index is 1300. The molecule has 0 bridgehead atoms. The maximum absolute atomic E-state index is 13.9. The highest BCUT2D eigenvalue weighted by Crippen LogP contribution is 2.26. The minimum atomic E-state index is -1.05. The summed E-state index contributed by atoms with van der Waals surface area (Å²) in [5.41, 5.74) is 3.79. The highest BCUT2D eigenvalue weighted by atomic mass is 16.4. The Kier molecular flexibility index (Phi) is 7.59. The molecule has 0 aliphatic carbocycles. The lowest BCUT2D eigenvalue weighted by molar-refractivity contribution is -0.141. The maximum Gasteiger partial charge on any atom is 0.305 e. The number of hydrogen-bond acceptors (Lipinski definition) is 6. The first-order chi connectivity index (χ1) is 18.4. The third kappa shape index (κ3) is 5.80. The van der Waals surface area contributed by atoms with Crippen molar-refractivity contribution in [3.05, 3.63) is 59.4 Å². The van der Waals surface area contributed by atoms with Crippen LogP contribution in [-0.4, -0.2) is 75.4 Å². The van der Waals surface area contributed by atoms with Crippen LogP contribution in [0, 0.1) is 5.92 Å². The van der Waals surface area contributed by atoms with Crippen LogP contribution in [-0.2, 0) is 22.7 Å². The Morgan fingerprint density at radius 2 is 1.95 bits per heavy atom. The Balaban J connectivity index is 1.39. The molecule has 1 aromatic heterocycles. The van der Waals surface area contributed by atoms with Gasteiger partial charge in [0.2, 0.25) is 5.91 Å². The lowest BCUT2D eigenvalue weighted by atomic mass is 9.94. The average molecular weight is 519 g/mol. The molecule has 4 N–H and O–H groups in total. The number of imidazole rings is 1. The number of carbonyl (C=O) groups excluding carboxylic acids is 2. The van der Waals surface area contributed by atoms with E-state index in [2.05, 4.69) is 15.6 Å². The molecule has 38 heavy (non-hydrogen) atoms. The van der Waals surface area contributed by atoms with E-state index in [0.29, 0.717) is 30.3 Å². The SMILES string of the molecule is CN1Cc2cc(C(=O)N(CCC3CCNCC3)Cc3nc4ccccc4[nH]3)ccc2N[C@@H](CC(=O)O)C1=O. The van der Waals surface area contributed by atoms with Crippen molar-refractivity contribution < 1.29 is 19.5 Å². The summed E-state index contributed by atoms with van der Waals surface area (Å²) in [5, 5.41) is 15.7. The number of hydrogen-bond donors (Lipinski definition) is 4. The number of para-hydroxylation sites is 2. The van der Waals surface area contributed by atoms with Gasteiger partial charge in [0.1, 0.15) is 11.9 Å². The van der Waals surface area contributed by atoms with Gasteiger partial charge in [-0.2, -0.15) is 0 Å². The van der Waals surface area contributed by atoms with Crippen molar-refractivity contribution in [3.8, 4) is 0 Å². The summed E-state index contributed by atoms with van der Waals surface area (Å²) < 4.78 is 0. The highest BCUT2D eigenvalue weighted by Gasteiger charge is 2.30. The normalized spacial score (nSPS) is 18.1. The van der Waals surface area contributed by atoms with E-state index in [1.807, 2.05) is 35.2 Å². The second-order valence-corrected chi connectivity index (χ2v) is 10.3. The molecule has 0 spiro atoms. The van der Waals surface area contributed by atoms with Gasteiger partial charge in [-0.25, -0.2) is 4.98 Å². The third-order valence-corrected chi connectivity index (χ3v) is 7.47. The number of nitrogens with one attached hydrogen (secondary N) is 3. The smallest absolute Gasteiger partial charge is 0.305 e. The van der Waals surface area contributed by atoms with E-state index in [9.17, 15) is 19.5 Å². The zero-order valence-electron chi connectivity index (χ0n) is 21.6. The van der Waals surface area contributed by atoms with Crippen molar-refractivity contribution in [3.63, 3.8) is 0 Å². The van der Waals surface area contributed by atoms with Crippen LogP contribution < -0.4 is 10.6 Å². The summed E-state index contributed by atoms with van der Waals surface area (Å²) >= 11 is 0. The number of H-pyrrole nitrogens is 1. The molecule has 5 rings (SSSR count). The fourth-order valence-electron chi connectivity index (χ4n) is 5.37. The number of likely N-dealkylation sites (N-methyl/N-ethyl adjacent to an activating group) is 1. The van der Waals surface area contributed by atoms with Crippen LogP contribution in [0.5, 0.6) is 0 Å². The van der Waals surface area contributed by atoms with Crippen LogP contribution in [0.1, 0.15) is 47.4 Å². The maximum atomic E-state index is 13.9. The monoisotopic (exact) mass is 518 g/mol. The number of amides is 2. The van der Waals surface area contributed by atoms with Gasteiger partial charge in [-0.05, 0) is 74.2 Å². The van der Waals surface area contributed by atoms with Crippen molar-refractivity contribution in [2.75, 3.05) is 32.0 Å². The van der Waals surface area contributed by atoms with Crippen molar-refractivity contribution >= 4 is 34.5 Å². The van der Waals surface area contributed by atoms with E-state index in [1.54, 1.807) is 19.2 Å². The van der Waals surface area contributed by atoms with Crippen molar-refractivity contribution in [1.29, 1.82) is 0 Å². The van der Waals surface area contributed by atoms with Crippen molar-refractivity contribution in [2.45, 2.75) is 44.8 Å². The number of carboxylic acids is 1. The number of nitrogens with zero attached hydrogens (tertiary/aromatic N) is 3. The fourth-order valence-corrected chi connectivity index (χ4v) is 5.37. The molecule has 1 atom stereocenters. The molecular weight excluding hydrogens is 484 g/mol. The van der Waals surface area contributed by atoms with E-state index < -0.39 is 12.0 Å². The molecule has 10 heteroatoms. The molecule has 1 saturated heterocycles. The molecule has 2 aliphatic rings. The van der Waals surface area contributed by atoms with Gasteiger partial charge in [0.25, 0.3) is 5.91 Å². The second-order valence-electron chi connectivity index (χ2n) is 10.3. The summed E-state index contributed by atoms with van der Waals surface area (Å²) in [5.74, 6) is -0.116. The van der Waals surface area contributed by atoms with Gasteiger partial charge in [0.05, 0.1) is 24.0 Å². The van der Waals surface area contributed by atoms with Crippen molar-refractivity contribution in [2.24, 2.45) is 5.92 Å². The second kappa shape index (κ2) is 11.2. The van der Waals surface area contributed by atoms with Gasteiger partial charge in [-0.3, -0.25) is 14.4 Å². The molecule has 3 aromatic rings. The Labute approximate surface area is 221 Å². The van der Waals surface area contributed by atoms with Gasteiger partial charge in [0, 0.05) is 31.4 Å². The topological polar surface area (TPSA) is 131 Å². The highest BCUT2D eigenvalue weighted by molar-refractivity contribution is 5.96. The zero-order chi connectivity index (χ0) is 26.6. The average Bonchev–Trinajstić information content (AvgIpc) is 3.28. The lowest BCUT2D eigenvalue weighted by Gasteiger charge is -2.27. The third-order valence-electron chi connectivity index (χ3n) is 7.47. The first-order valence-corrected chi connectivity index (χ1v) is 13.2. The number of carbonyl (C=O) groups is 3. The summed E-state index contributed by atoms with van der Waals surface area (Å²) in [6.07, 6.45) is 2.82. The van der Waals surface area contributed by atoms with Gasteiger partial charge in [0.15, 0.2) is 0 Å². The van der Waals surface area contributed by atoms with Crippen LogP contribution in [0.4, 0.5) is 5.69 Å². The molecule has 10 nitrogen and oxygen atoms in total. The van der Waals surface area contributed by atoms with Crippen LogP contribution in [0.25, 0.3) is 11.0 Å². The number of aromatic nitrogens is 2. The van der Waals surface area contributed by atoms with Crippen LogP contribution in [0.2, 0.25) is 0 Å².